The van der Waals surface area contributed by atoms with Crippen LogP contribution in [0.3, 0.4) is 0 Å². The van der Waals surface area contributed by atoms with E-state index in [-0.39, 0.29) is 29.4 Å². The zero-order valence-corrected chi connectivity index (χ0v) is 17.9. The SMILES string of the molecule is Cn1cc(-c2c(-c3ccccc3)nc(N)[n+]3c(=O)n(Cc4ncc(F)cc4F)[nH]c23)ccc1=O. The van der Waals surface area contributed by atoms with Gasteiger partial charge >= 0.3 is 11.6 Å². The number of rotatable bonds is 4. The van der Waals surface area contributed by atoms with Gasteiger partial charge in [0.15, 0.2) is 0 Å². The van der Waals surface area contributed by atoms with E-state index in [1.165, 1.54) is 10.6 Å². The Hall–Kier alpha value is -4.67. The van der Waals surface area contributed by atoms with E-state index in [9.17, 15) is 18.4 Å². The fraction of sp³-hybridized carbons (Fsp3) is 0.0870. The van der Waals surface area contributed by atoms with Crippen LogP contribution in [0.25, 0.3) is 28.0 Å². The molecule has 0 aliphatic heterocycles. The van der Waals surface area contributed by atoms with E-state index in [4.69, 9.17) is 5.73 Å². The number of aromatic nitrogens is 6. The number of nitrogens with one attached hydrogen (secondary N) is 1. The van der Waals surface area contributed by atoms with Crippen molar-refractivity contribution in [1.29, 1.82) is 0 Å². The van der Waals surface area contributed by atoms with Crippen molar-refractivity contribution in [1.82, 2.24) is 24.3 Å². The third kappa shape index (κ3) is 3.52. The minimum atomic E-state index is -0.884. The number of H-pyrrole nitrogens is 1. The topological polar surface area (TPSA) is 116 Å². The average molecular weight is 462 g/mol. The van der Waals surface area contributed by atoms with Crippen LogP contribution in [0.15, 0.2) is 70.5 Å². The highest BCUT2D eigenvalue weighted by atomic mass is 19.1. The number of benzene rings is 1. The molecule has 4 aromatic heterocycles. The van der Waals surface area contributed by atoms with E-state index < -0.39 is 17.3 Å². The zero-order valence-electron chi connectivity index (χ0n) is 17.9. The lowest BCUT2D eigenvalue weighted by Crippen LogP contribution is -2.44. The maximum absolute atomic E-state index is 14.2. The van der Waals surface area contributed by atoms with Crippen LogP contribution in [0.1, 0.15) is 5.69 Å². The van der Waals surface area contributed by atoms with Crippen LogP contribution >= 0.6 is 0 Å². The molecule has 0 bridgehead atoms. The standard InChI is InChI=1S/C23H17F2N7O2/c1-30-11-14(7-8-18(30)33)19-20(13-5-3-2-4-6-13)28-22(26)32-21(19)29-31(23(32)34)12-17-16(25)9-15(24)10-27-17/h2-11H,12H2,1H3,(H2,26,28,29)/p+1. The fourth-order valence-electron chi connectivity index (χ4n) is 3.79. The Morgan fingerprint density at radius 3 is 2.56 bits per heavy atom. The van der Waals surface area contributed by atoms with Crippen molar-refractivity contribution in [2.45, 2.75) is 6.54 Å². The quantitative estimate of drug-likeness (QED) is 0.394. The molecule has 0 saturated heterocycles. The van der Waals surface area contributed by atoms with Crippen LogP contribution in [0.2, 0.25) is 0 Å². The van der Waals surface area contributed by atoms with Crippen molar-refractivity contribution in [2.24, 2.45) is 7.05 Å². The van der Waals surface area contributed by atoms with Gasteiger partial charge in [0.05, 0.1) is 11.8 Å². The third-order valence-corrected chi connectivity index (χ3v) is 5.43. The van der Waals surface area contributed by atoms with Crippen molar-refractivity contribution in [3.63, 3.8) is 0 Å². The molecule has 0 spiro atoms. The minimum absolute atomic E-state index is 0.0880. The molecule has 4 heterocycles. The second kappa shape index (κ2) is 8.03. The fourth-order valence-corrected chi connectivity index (χ4v) is 3.79. The number of halogens is 2. The van der Waals surface area contributed by atoms with Crippen molar-refractivity contribution < 1.29 is 13.2 Å². The second-order valence-electron chi connectivity index (χ2n) is 7.67. The Kier molecular flexibility index (Phi) is 5.01. The first-order valence-electron chi connectivity index (χ1n) is 10.2. The number of nitrogen functional groups attached to an aromatic ring is 1. The molecule has 0 saturated carbocycles. The van der Waals surface area contributed by atoms with Gasteiger partial charge in [0.1, 0.15) is 29.6 Å². The van der Waals surface area contributed by atoms with Gasteiger partial charge < -0.3 is 10.3 Å². The molecular weight excluding hydrogens is 444 g/mol. The largest absolute Gasteiger partial charge is 0.428 e. The Labute approximate surface area is 190 Å². The van der Waals surface area contributed by atoms with E-state index in [1.54, 1.807) is 19.3 Å². The Bertz CT molecular complexity index is 1670. The summed E-state index contributed by atoms with van der Waals surface area (Å²) in [6.45, 7) is -0.292. The van der Waals surface area contributed by atoms with Crippen LogP contribution in [0, 0.1) is 11.6 Å². The lowest BCUT2D eigenvalue weighted by atomic mass is 10.0. The summed E-state index contributed by atoms with van der Waals surface area (Å²) in [5.41, 5.74) is 7.85. The van der Waals surface area contributed by atoms with Gasteiger partial charge in [-0.05, 0) is 6.07 Å². The first kappa shape index (κ1) is 21.2. The molecule has 0 radical (unpaired) electrons. The average Bonchev–Trinajstić information content (AvgIpc) is 3.14. The van der Waals surface area contributed by atoms with Gasteiger partial charge in [0.2, 0.25) is 11.2 Å². The molecule has 0 aliphatic rings. The normalized spacial score (nSPS) is 11.3. The molecule has 0 aliphatic carbocycles. The summed E-state index contributed by atoms with van der Waals surface area (Å²) in [4.78, 5) is 33.4. The van der Waals surface area contributed by atoms with Gasteiger partial charge in [-0.3, -0.25) is 9.78 Å². The maximum atomic E-state index is 14.2. The number of fused-ring (bicyclic) bond motifs is 1. The smallest absolute Gasteiger partial charge is 0.319 e. The number of nitrogens with zero attached hydrogens (tertiary/aromatic N) is 5. The van der Waals surface area contributed by atoms with Crippen LogP contribution in [0.4, 0.5) is 14.7 Å². The molecule has 34 heavy (non-hydrogen) atoms. The number of pyridine rings is 2. The predicted octanol–water partition coefficient (Wildman–Crippen LogP) is 1.65. The van der Waals surface area contributed by atoms with E-state index in [0.717, 1.165) is 20.8 Å². The van der Waals surface area contributed by atoms with E-state index in [0.29, 0.717) is 22.9 Å². The summed E-state index contributed by atoms with van der Waals surface area (Å²) in [6.07, 6.45) is 2.50. The number of hydrogen-bond donors (Lipinski definition) is 2. The van der Waals surface area contributed by atoms with E-state index in [2.05, 4.69) is 15.1 Å². The molecule has 0 fully saturated rings. The van der Waals surface area contributed by atoms with Crippen LogP contribution in [0.5, 0.6) is 0 Å². The summed E-state index contributed by atoms with van der Waals surface area (Å²) >= 11 is 0. The zero-order chi connectivity index (χ0) is 24.0. The van der Waals surface area contributed by atoms with E-state index in [1.807, 2.05) is 30.3 Å². The number of nitrogens with two attached hydrogens (primary N) is 1. The highest BCUT2D eigenvalue weighted by molar-refractivity contribution is 5.88. The lowest BCUT2D eigenvalue weighted by molar-refractivity contribution is -0.516. The van der Waals surface area contributed by atoms with Crippen LogP contribution < -0.4 is 21.4 Å². The highest BCUT2D eigenvalue weighted by Crippen LogP contribution is 2.32. The van der Waals surface area contributed by atoms with Crippen LogP contribution in [-0.4, -0.2) is 24.3 Å². The molecular formula is C23H18F2N7O2+. The number of anilines is 1. The number of hydrogen-bond acceptors (Lipinski definition) is 5. The summed E-state index contributed by atoms with van der Waals surface area (Å²) < 4.78 is 31.1. The third-order valence-electron chi connectivity index (χ3n) is 5.43. The highest BCUT2D eigenvalue weighted by Gasteiger charge is 2.26. The van der Waals surface area contributed by atoms with Crippen LogP contribution in [-0.2, 0) is 13.6 Å². The summed E-state index contributed by atoms with van der Waals surface area (Å²) in [5, 5.41) is 2.97. The number of aryl methyl sites for hydroxylation is 1. The Morgan fingerprint density at radius 2 is 1.85 bits per heavy atom. The summed E-state index contributed by atoms with van der Waals surface area (Å²) in [7, 11) is 1.61. The summed E-state index contributed by atoms with van der Waals surface area (Å²) in [5.74, 6) is -1.79. The molecule has 5 aromatic rings. The Balaban J connectivity index is 1.81. The van der Waals surface area contributed by atoms with Gasteiger partial charge in [-0.2, -0.15) is 4.68 Å². The Morgan fingerprint density at radius 1 is 1.09 bits per heavy atom. The molecule has 11 heteroatoms. The van der Waals surface area contributed by atoms with Gasteiger partial charge in [-0.15, -0.1) is 9.38 Å². The molecule has 3 N–H and O–H groups in total. The molecule has 0 unspecified atom stereocenters. The summed E-state index contributed by atoms with van der Waals surface area (Å²) in [6, 6.07) is 12.9. The van der Waals surface area contributed by atoms with Crippen molar-refractivity contribution in [3.05, 3.63) is 99.1 Å². The monoisotopic (exact) mass is 462 g/mol. The van der Waals surface area contributed by atoms with Gasteiger partial charge in [0.25, 0.3) is 0 Å². The molecule has 0 amide bonds. The number of aromatic amines is 1. The molecule has 5 rings (SSSR count). The van der Waals surface area contributed by atoms with Gasteiger partial charge in [-0.25, -0.2) is 18.7 Å². The van der Waals surface area contributed by atoms with Crippen molar-refractivity contribution >= 4 is 11.6 Å². The second-order valence-corrected chi connectivity index (χ2v) is 7.67. The predicted molar refractivity (Wildman–Crippen MR) is 120 cm³/mol. The molecule has 170 valence electrons. The minimum Gasteiger partial charge on any atom is -0.319 e. The van der Waals surface area contributed by atoms with Gasteiger partial charge in [0, 0.05) is 36.5 Å². The first-order chi connectivity index (χ1) is 16.3. The van der Waals surface area contributed by atoms with E-state index >= 15 is 0 Å². The maximum Gasteiger partial charge on any atom is 0.428 e. The lowest BCUT2D eigenvalue weighted by Gasteiger charge is -2.09. The molecule has 1 aromatic carbocycles. The van der Waals surface area contributed by atoms with Crippen molar-refractivity contribution in [2.75, 3.05) is 5.73 Å². The first-order valence-corrected chi connectivity index (χ1v) is 10.2. The van der Waals surface area contributed by atoms with Gasteiger partial charge in [-0.1, -0.05) is 30.3 Å². The molecule has 9 nitrogen and oxygen atoms in total. The van der Waals surface area contributed by atoms with Crippen molar-refractivity contribution in [3.8, 4) is 22.4 Å². The molecule has 0 atom stereocenters.